The van der Waals surface area contributed by atoms with Gasteiger partial charge in [-0.25, -0.2) is 9.18 Å². The Morgan fingerprint density at radius 1 is 1.05 bits per heavy atom. The Hall–Kier alpha value is -2.69. The van der Waals surface area contributed by atoms with E-state index in [0.29, 0.717) is 16.8 Å². The highest BCUT2D eigenvalue weighted by atomic mass is 19.1. The van der Waals surface area contributed by atoms with Crippen LogP contribution in [0.15, 0.2) is 48.5 Å². The highest BCUT2D eigenvalue weighted by molar-refractivity contribution is 5.92. The van der Waals surface area contributed by atoms with E-state index >= 15 is 0 Å². The van der Waals surface area contributed by atoms with E-state index < -0.39 is 12.1 Å². The monoisotopic (exact) mass is 301 g/mol. The summed E-state index contributed by atoms with van der Waals surface area (Å²) in [7, 11) is 0. The number of anilines is 1. The lowest BCUT2D eigenvalue weighted by Crippen LogP contribution is -2.10. The maximum atomic E-state index is 12.9. The molecule has 4 nitrogen and oxygen atoms in total. The third-order valence-corrected chi connectivity index (χ3v) is 3.06. The summed E-state index contributed by atoms with van der Waals surface area (Å²) in [5.41, 5.74) is 1.70. The lowest BCUT2D eigenvalue weighted by molar-refractivity contribution is -0.114. The topological polar surface area (TPSA) is 55.4 Å². The molecular weight excluding hydrogens is 285 g/mol. The molecule has 22 heavy (non-hydrogen) atoms. The SMILES string of the molecule is CC(=O)Nc1ccc(C(=O)O[C@H](C)c2ccc(F)cc2)cc1. The van der Waals surface area contributed by atoms with Crippen LogP contribution in [0.25, 0.3) is 0 Å². The van der Waals surface area contributed by atoms with E-state index in [0.717, 1.165) is 0 Å². The third kappa shape index (κ3) is 4.15. The first-order valence-corrected chi connectivity index (χ1v) is 6.80. The molecule has 1 N–H and O–H groups in total. The van der Waals surface area contributed by atoms with Gasteiger partial charge in [0.15, 0.2) is 0 Å². The molecule has 2 aromatic carbocycles. The van der Waals surface area contributed by atoms with Crippen molar-refractivity contribution in [2.45, 2.75) is 20.0 Å². The molecule has 0 aromatic heterocycles. The Bertz CT molecular complexity index is 665. The second kappa shape index (κ2) is 6.85. The van der Waals surface area contributed by atoms with Crippen LogP contribution in [0.1, 0.15) is 35.9 Å². The largest absolute Gasteiger partial charge is 0.454 e. The Morgan fingerprint density at radius 3 is 2.18 bits per heavy atom. The van der Waals surface area contributed by atoms with Gasteiger partial charge in [0, 0.05) is 12.6 Å². The molecule has 0 unspecified atom stereocenters. The van der Waals surface area contributed by atoms with Crippen LogP contribution in [0.3, 0.4) is 0 Å². The second-order valence-electron chi connectivity index (χ2n) is 4.86. The van der Waals surface area contributed by atoms with E-state index in [9.17, 15) is 14.0 Å². The number of rotatable bonds is 4. The molecular formula is C17H16FNO3. The van der Waals surface area contributed by atoms with Crippen molar-refractivity contribution in [3.63, 3.8) is 0 Å². The van der Waals surface area contributed by atoms with Crippen molar-refractivity contribution in [1.29, 1.82) is 0 Å². The molecule has 0 radical (unpaired) electrons. The van der Waals surface area contributed by atoms with Crippen LogP contribution in [0.4, 0.5) is 10.1 Å². The minimum atomic E-state index is -0.483. The Balaban J connectivity index is 2.02. The molecule has 5 heteroatoms. The number of hydrogen-bond acceptors (Lipinski definition) is 3. The lowest BCUT2D eigenvalue weighted by Gasteiger charge is -2.14. The lowest BCUT2D eigenvalue weighted by atomic mass is 10.1. The number of hydrogen-bond donors (Lipinski definition) is 1. The van der Waals surface area contributed by atoms with E-state index in [1.54, 1.807) is 43.3 Å². The molecule has 0 spiro atoms. The van der Waals surface area contributed by atoms with Gasteiger partial charge in [-0.15, -0.1) is 0 Å². The molecule has 0 aliphatic rings. The van der Waals surface area contributed by atoms with Crippen molar-refractivity contribution >= 4 is 17.6 Å². The fourth-order valence-corrected chi connectivity index (χ4v) is 1.92. The van der Waals surface area contributed by atoms with Crippen LogP contribution in [-0.2, 0) is 9.53 Å². The van der Waals surface area contributed by atoms with Crippen molar-refractivity contribution in [3.8, 4) is 0 Å². The summed E-state index contributed by atoms with van der Waals surface area (Å²) in [5, 5.41) is 2.62. The van der Waals surface area contributed by atoms with Gasteiger partial charge >= 0.3 is 5.97 Å². The molecule has 2 aromatic rings. The van der Waals surface area contributed by atoms with E-state index in [4.69, 9.17) is 4.74 Å². The van der Waals surface area contributed by atoms with Gasteiger partial charge < -0.3 is 10.1 Å². The quantitative estimate of drug-likeness (QED) is 0.876. The summed E-state index contributed by atoms with van der Waals surface area (Å²) < 4.78 is 18.2. The first-order chi connectivity index (χ1) is 10.5. The number of benzene rings is 2. The number of carbonyl (C=O) groups excluding carboxylic acids is 2. The zero-order valence-corrected chi connectivity index (χ0v) is 12.3. The molecule has 0 saturated heterocycles. The fourth-order valence-electron chi connectivity index (χ4n) is 1.92. The smallest absolute Gasteiger partial charge is 0.338 e. The molecule has 1 atom stereocenters. The van der Waals surface area contributed by atoms with Crippen LogP contribution >= 0.6 is 0 Å². The van der Waals surface area contributed by atoms with E-state index in [-0.39, 0.29) is 11.7 Å². The second-order valence-corrected chi connectivity index (χ2v) is 4.86. The zero-order chi connectivity index (χ0) is 16.1. The minimum absolute atomic E-state index is 0.180. The molecule has 0 aliphatic heterocycles. The summed E-state index contributed by atoms with van der Waals surface area (Å²) in [6, 6.07) is 12.2. The maximum absolute atomic E-state index is 12.9. The molecule has 0 saturated carbocycles. The van der Waals surface area contributed by atoms with E-state index in [1.165, 1.54) is 19.1 Å². The van der Waals surface area contributed by atoms with Crippen molar-refractivity contribution in [1.82, 2.24) is 0 Å². The van der Waals surface area contributed by atoms with Gasteiger partial charge in [-0.2, -0.15) is 0 Å². The molecule has 114 valence electrons. The van der Waals surface area contributed by atoms with Crippen LogP contribution in [0, 0.1) is 5.82 Å². The number of ether oxygens (including phenoxy) is 1. The number of esters is 1. The van der Waals surface area contributed by atoms with Gasteiger partial charge in [0.2, 0.25) is 5.91 Å². The molecule has 0 aliphatic carbocycles. The fraction of sp³-hybridized carbons (Fsp3) is 0.176. The summed E-state index contributed by atoms with van der Waals surface area (Å²) in [5.74, 6) is -0.998. The van der Waals surface area contributed by atoms with Gasteiger partial charge in [-0.3, -0.25) is 4.79 Å². The zero-order valence-electron chi connectivity index (χ0n) is 12.3. The average Bonchev–Trinajstić information content (AvgIpc) is 2.48. The van der Waals surface area contributed by atoms with Crippen LogP contribution in [-0.4, -0.2) is 11.9 Å². The van der Waals surface area contributed by atoms with E-state index in [2.05, 4.69) is 5.32 Å². The number of amides is 1. The predicted molar refractivity (Wildman–Crippen MR) is 81.0 cm³/mol. The number of halogens is 1. The normalized spacial score (nSPS) is 11.6. The van der Waals surface area contributed by atoms with Gasteiger partial charge in [0.05, 0.1) is 5.56 Å². The van der Waals surface area contributed by atoms with E-state index in [1.807, 2.05) is 0 Å². The van der Waals surface area contributed by atoms with Crippen LogP contribution in [0.2, 0.25) is 0 Å². The highest BCUT2D eigenvalue weighted by Crippen LogP contribution is 2.19. The minimum Gasteiger partial charge on any atom is -0.454 e. The highest BCUT2D eigenvalue weighted by Gasteiger charge is 2.13. The van der Waals surface area contributed by atoms with Crippen molar-refractivity contribution in [2.24, 2.45) is 0 Å². The molecule has 2 rings (SSSR count). The summed E-state index contributed by atoms with van der Waals surface area (Å²) in [6.07, 6.45) is -0.483. The average molecular weight is 301 g/mol. The van der Waals surface area contributed by atoms with Crippen LogP contribution < -0.4 is 5.32 Å². The predicted octanol–water partition coefficient (Wildman–Crippen LogP) is 3.70. The van der Waals surface area contributed by atoms with Crippen LogP contribution in [0.5, 0.6) is 0 Å². The Kier molecular flexibility index (Phi) is 4.88. The third-order valence-electron chi connectivity index (χ3n) is 3.06. The van der Waals surface area contributed by atoms with Crippen molar-refractivity contribution < 1.29 is 18.7 Å². The van der Waals surface area contributed by atoms with Crippen molar-refractivity contribution in [2.75, 3.05) is 5.32 Å². The van der Waals surface area contributed by atoms with Crippen molar-refractivity contribution in [3.05, 3.63) is 65.5 Å². The number of nitrogens with one attached hydrogen (secondary N) is 1. The standard InChI is InChI=1S/C17H16FNO3/c1-11(13-3-7-15(18)8-4-13)22-17(21)14-5-9-16(10-6-14)19-12(2)20/h3-11H,1-2H3,(H,19,20)/t11-/m1/s1. The Morgan fingerprint density at radius 2 is 1.64 bits per heavy atom. The summed E-state index contributed by atoms with van der Waals surface area (Å²) >= 11 is 0. The molecule has 0 heterocycles. The van der Waals surface area contributed by atoms with Gasteiger partial charge in [0.25, 0.3) is 0 Å². The first kappa shape index (κ1) is 15.7. The summed E-state index contributed by atoms with van der Waals surface area (Å²) in [6.45, 7) is 3.13. The van der Waals surface area contributed by atoms with Gasteiger partial charge in [-0.1, -0.05) is 12.1 Å². The van der Waals surface area contributed by atoms with Gasteiger partial charge in [-0.05, 0) is 48.9 Å². The molecule has 0 fully saturated rings. The summed E-state index contributed by atoms with van der Waals surface area (Å²) in [4.78, 5) is 23.0. The maximum Gasteiger partial charge on any atom is 0.338 e. The van der Waals surface area contributed by atoms with Gasteiger partial charge in [0.1, 0.15) is 11.9 Å². The number of carbonyl (C=O) groups is 2. The molecule has 0 bridgehead atoms. The molecule has 1 amide bonds. The Labute approximate surface area is 127 Å². The first-order valence-electron chi connectivity index (χ1n) is 6.80.